The van der Waals surface area contributed by atoms with Gasteiger partial charge in [0.25, 0.3) is 0 Å². The highest BCUT2D eigenvalue weighted by atomic mass is 16.5. The second-order valence-electron chi connectivity index (χ2n) is 7.63. The molecule has 0 saturated heterocycles. The Bertz CT molecular complexity index is 1160. The zero-order chi connectivity index (χ0) is 22.3. The number of imidazole rings is 1. The van der Waals surface area contributed by atoms with E-state index in [-0.39, 0.29) is 6.42 Å². The number of aliphatic carboxylic acids is 1. The minimum Gasteiger partial charge on any atom is -0.493 e. The van der Waals surface area contributed by atoms with Crippen LogP contribution in [0.15, 0.2) is 77.5 Å². The largest absolute Gasteiger partial charge is 0.493 e. The average molecular weight is 431 g/mol. The molecule has 0 amide bonds. The number of benzene rings is 2. The van der Waals surface area contributed by atoms with Crippen molar-refractivity contribution in [1.82, 2.24) is 9.55 Å². The first-order valence-corrected chi connectivity index (χ1v) is 10.7. The molecule has 4 aromatic rings. The minimum atomic E-state index is -0.751. The summed E-state index contributed by atoms with van der Waals surface area (Å²) in [6.45, 7) is 0.551. The molecule has 0 saturated carbocycles. The standard InChI is InChI=1S/C26H26N2O4/c1-28-22(21-8-4-5-9-24(21)32-16-6-2-3-11-25(29)30)18-27-26(28)20-14-12-19(13-15-20)23-10-7-17-31-23/h4-5,7-10,12-15,17-18H,2-3,6,11,16H2,1H3,(H,29,30). The van der Waals surface area contributed by atoms with Gasteiger partial charge < -0.3 is 18.8 Å². The smallest absolute Gasteiger partial charge is 0.303 e. The van der Waals surface area contributed by atoms with Gasteiger partial charge in [-0.25, -0.2) is 4.98 Å². The first-order valence-electron chi connectivity index (χ1n) is 10.7. The summed E-state index contributed by atoms with van der Waals surface area (Å²) < 4.78 is 13.6. The number of furan rings is 1. The van der Waals surface area contributed by atoms with E-state index in [1.54, 1.807) is 6.26 Å². The summed E-state index contributed by atoms with van der Waals surface area (Å²) >= 11 is 0. The third kappa shape index (κ3) is 4.91. The van der Waals surface area contributed by atoms with Crippen LogP contribution in [0.3, 0.4) is 0 Å². The molecule has 4 rings (SSSR count). The van der Waals surface area contributed by atoms with Gasteiger partial charge in [-0.3, -0.25) is 4.79 Å². The van der Waals surface area contributed by atoms with Crippen LogP contribution >= 0.6 is 0 Å². The number of hydrogen-bond acceptors (Lipinski definition) is 4. The summed E-state index contributed by atoms with van der Waals surface area (Å²) in [4.78, 5) is 15.3. The van der Waals surface area contributed by atoms with Crippen molar-refractivity contribution in [2.45, 2.75) is 25.7 Å². The maximum absolute atomic E-state index is 10.6. The first-order chi connectivity index (χ1) is 15.6. The van der Waals surface area contributed by atoms with Crippen LogP contribution in [-0.4, -0.2) is 27.2 Å². The summed E-state index contributed by atoms with van der Waals surface area (Å²) in [5.41, 5.74) is 3.99. The molecule has 0 aliphatic rings. The number of carboxylic acid groups (broad SMARTS) is 1. The normalized spacial score (nSPS) is 10.9. The molecule has 164 valence electrons. The van der Waals surface area contributed by atoms with Gasteiger partial charge in [-0.05, 0) is 43.5 Å². The Hall–Kier alpha value is -3.80. The lowest BCUT2D eigenvalue weighted by atomic mass is 10.1. The van der Waals surface area contributed by atoms with E-state index >= 15 is 0 Å². The van der Waals surface area contributed by atoms with E-state index in [1.165, 1.54) is 0 Å². The predicted octanol–water partition coefficient (Wildman–Crippen LogP) is 6.04. The fraction of sp³-hybridized carbons (Fsp3) is 0.231. The minimum absolute atomic E-state index is 0.205. The van der Waals surface area contributed by atoms with Gasteiger partial charge in [0.2, 0.25) is 0 Å². The zero-order valence-electron chi connectivity index (χ0n) is 18.0. The zero-order valence-corrected chi connectivity index (χ0v) is 18.0. The molecule has 0 spiro atoms. The molecular formula is C26H26N2O4. The van der Waals surface area contributed by atoms with Gasteiger partial charge in [-0.2, -0.15) is 0 Å². The lowest BCUT2D eigenvalue weighted by Gasteiger charge is -2.13. The highest BCUT2D eigenvalue weighted by molar-refractivity contribution is 5.72. The van der Waals surface area contributed by atoms with Gasteiger partial charge in [0, 0.05) is 30.2 Å². The fourth-order valence-electron chi connectivity index (χ4n) is 3.70. The molecule has 2 heterocycles. The van der Waals surface area contributed by atoms with E-state index in [9.17, 15) is 4.79 Å². The third-order valence-corrected chi connectivity index (χ3v) is 5.39. The van der Waals surface area contributed by atoms with Crippen LogP contribution < -0.4 is 4.74 Å². The summed E-state index contributed by atoms with van der Waals surface area (Å²) in [5, 5.41) is 8.73. The molecule has 1 N–H and O–H groups in total. The molecule has 6 heteroatoms. The van der Waals surface area contributed by atoms with Crippen molar-refractivity contribution in [1.29, 1.82) is 0 Å². The van der Waals surface area contributed by atoms with Gasteiger partial charge in [0.15, 0.2) is 0 Å². The van der Waals surface area contributed by atoms with Crippen molar-refractivity contribution in [3.8, 4) is 39.7 Å². The third-order valence-electron chi connectivity index (χ3n) is 5.39. The molecular weight excluding hydrogens is 404 g/mol. The van der Waals surface area contributed by atoms with E-state index in [2.05, 4.69) is 9.55 Å². The Kier molecular flexibility index (Phi) is 6.70. The first kappa shape index (κ1) is 21.4. The summed E-state index contributed by atoms with van der Waals surface area (Å²) in [5.74, 6) is 1.76. The predicted molar refractivity (Wildman–Crippen MR) is 123 cm³/mol. The second kappa shape index (κ2) is 10.0. The number of ether oxygens (including phenoxy) is 1. The van der Waals surface area contributed by atoms with E-state index in [0.717, 1.165) is 52.6 Å². The number of aromatic nitrogens is 2. The van der Waals surface area contributed by atoms with Crippen molar-refractivity contribution in [3.63, 3.8) is 0 Å². The number of unbranched alkanes of at least 4 members (excludes halogenated alkanes) is 2. The van der Waals surface area contributed by atoms with E-state index in [0.29, 0.717) is 13.0 Å². The van der Waals surface area contributed by atoms with Crippen LogP contribution in [-0.2, 0) is 11.8 Å². The highest BCUT2D eigenvalue weighted by Crippen LogP contribution is 2.33. The van der Waals surface area contributed by atoms with Crippen LogP contribution in [0.2, 0.25) is 0 Å². The summed E-state index contributed by atoms with van der Waals surface area (Å²) in [6, 6.07) is 19.9. The molecule has 32 heavy (non-hydrogen) atoms. The molecule has 0 aliphatic carbocycles. The summed E-state index contributed by atoms with van der Waals surface area (Å²) in [7, 11) is 2.00. The van der Waals surface area contributed by atoms with Crippen molar-refractivity contribution in [2.75, 3.05) is 6.61 Å². The molecule has 0 aliphatic heterocycles. The van der Waals surface area contributed by atoms with Crippen LogP contribution in [0, 0.1) is 0 Å². The molecule has 0 fully saturated rings. The number of hydrogen-bond donors (Lipinski definition) is 1. The monoisotopic (exact) mass is 430 g/mol. The Morgan fingerprint density at radius 2 is 1.78 bits per heavy atom. The highest BCUT2D eigenvalue weighted by Gasteiger charge is 2.14. The van der Waals surface area contributed by atoms with Gasteiger partial charge in [0.1, 0.15) is 17.3 Å². The molecule has 2 aromatic carbocycles. The fourth-order valence-corrected chi connectivity index (χ4v) is 3.70. The molecule has 0 atom stereocenters. The Labute approximate surface area is 187 Å². The number of carboxylic acids is 1. The number of para-hydroxylation sites is 1. The maximum atomic E-state index is 10.6. The molecule has 2 aromatic heterocycles. The number of carbonyl (C=O) groups is 1. The van der Waals surface area contributed by atoms with E-state index in [4.69, 9.17) is 14.3 Å². The van der Waals surface area contributed by atoms with Crippen LogP contribution in [0.25, 0.3) is 34.0 Å². The second-order valence-corrected chi connectivity index (χ2v) is 7.63. The molecule has 6 nitrogen and oxygen atoms in total. The SMILES string of the molecule is Cn1c(-c2ccccc2OCCCCCC(=O)O)cnc1-c1ccc(-c2ccco2)cc1. The Morgan fingerprint density at radius 1 is 1.00 bits per heavy atom. The van der Waals surface area contributed by atoms with E-state index in [1.807, 2.05) is 73.9 Å². The summed E-state index contributed by atoms with van der Waals surface area (Å²) in [6.07, 6.45) is 6.06. The van der Waals surface area contributed by atoms with Gasteiger partial charge >= 0.3 is 5.97 Å². The van der Waals surface area contributed by atoms with Crippen LogP contribution in [0.4, 0.5) is 0 Å². The topological polar surface area (TPSA) is 77.5 Å². The molecule has 0 bridgehead atoms. The van der Waals surface area contributed by atoms with Crippen molar-refractivity contribution in [3.05, 3.63) is 73.1 Å². The van der Waals surface area contributed by atoms with Crippen molar-refractivity contribution >= 4 is 5.97 Å². The van der Waals surface area contributed by atoms with Crippen LogP contribution in [0.1, 0.15) is 25.7 Å². The van der Waals surface area contributed by atoms with Gasteiger partial charge in [0.05, 0.1) is 24.8 Å². The molecule has 0 radical (unpaired) electrons. The number of nitrogens with zero attached hydrogens (tertiary/aromatic N) is 2. The average Bonchev–Trinajstić information content (AvgIpc) is 3.47. The van der Waals surface area contributed by atoms with Crippen molar-refractivity contribution in [2.24, 2.45) is 7.05 Å². The Morgan fingerprint density at radius 3 is 2.53 bits per heavy atom. The lowest BCUT2D eigenvalue weighted by molar-refractivity contribution is -0.137. The van der Waals surface area contributed by atoms with Crippen LogP contribution in [0.5, 0.6) is 5.75 Å². The van der Waals surface area contributed by atoms with Gasteiger partial charge in [-0.15, -0.1) is 0 Å². The molecule has 0 unspecified atom stereocenters. The van der Waals surface area contributed by atoms with E-state index < -0.39 is 5.97 Å². The van der Waals surface area contributed by atoms with Gasteiger partial charge in [-0.1, -0.05) is 36.4 Å². The number of rotatable bonds is 10. The maximum Gasteiger partial charge on any atom is 0.303 e. The lowest BCUT2D eigenvalue weighted by Crippen LogP contribution is -2.01. The quantitative estimate of drug-likeness (QED) is 0.311. The Balaban J connectivity index is 1.48. The van der Waals surface area contributed by atoms with Crippen molar-refractivity contribution < 1.29 is 19.1 Å².